The second kappa shape index (κ2) is 6.39. The van der Waals surface area contributed by atoms with Crippen LogP contribution in [0.15, 0.2) is 36.4 Å². The molecule has 4 nitrogen and oxygen atoms in total. The normalized spacial score (nSPS) is 12.2. The van der Waals surface area contributed by atoms with E-state index < -0.39 is 6.04 Å². The number of rotatable bonds is 5. The number of carbonyl (C=O) groups excluding carboxylic acids is 1. The average Bonchev–Trinajstić information content (AvgIpc) is 2.46. The van der Waals surface area contributed by atoms with Crippen LogP contribution in [0.3, 0.4) is 0 Å². The van der Waals surface area contributed by atoms with Crippen molar-refractivity contribution in [2.75, 3.05) is 13.7 Å². The molecule has 0 aliphatic carbocycles. The summed E-state index contributed by atoms with van der Waals surface area (Å²) in [6, 6.07) is 11.3. The maximum absolute atomic E-state index is 11.6. The number of hydrogen-bond acceptors (Lipinski definition) is 4. The summed E-state index contributed by atoms with van der Waals surface area (Å²) >= 11 is 0. The summed E-state index contributed by atoms with van der Waals surface area (Å²) in [4.78, 5) is 11.6. The molecule has 0 saturated heterocycles. The SMILES string of the molecule is CCOC(=O)C[C@H](N)c1c(OC)ccc2ccccc12. The number of nitrogens with two attached hydrogens (primary N) is 1. The fraction of sp³-hybridized carbons (Fsp3) is 0.312. The molecule has 0 amide bonds. The van der Waals surface area contributed by atoms with Crippen molar-refractivity contribution in [3.05, 3.63) is 42.0 Å². The summed E-state index contributed by atoms with van der Waals surface area (Å²) in [5, 5.41) is 2.08. The van der Waals surface area contributed by atoms with Gasteiger partial charge in [0.25, 0.3) is 0 Å². The van der Waals surface area contributed by atoms with Crippen molar-refractivity contribution in [3.63, 3.8) is 0 Å². The van der Waals surface area contributed by atoms with Gasteiger partial charge in [-0.1, -0.05) is 30.3 Å². The van der Waals surface area contributed by atoms with Crippen LogP contribution in [0.1, 0.15) is 24.9 Å². The molecule has 0 fully saturated rings. The van der Waals surface area contributed by atoms with E-state index in [2.05, 4.69) is 0 Å². The fourth-order valence-corrected chi connectivity index (χ4v) is 2.34. The van der Waals surface area contributed by atoms with E-state index in [1.54, 1.807) is 14.0 Å². The highest BCUT2D eigenvalue weighted by Gasteiger charge is 2.19. The molecule has 2 rings (SSSR count). The van der Waals surface area contributed by atoms with Gasteiger partial charge in [0.2, 0.25) is 0 Å². The monoisotopic (exact) mass is 273 g/mol. The molecular formula is C16H19NO3. The molecule has 2 N–H and O–H groups in total. The molecule has 0 unspecified atom stereocenters. The predicted octanol–water partition coefficient (Wildman–Crippen LogP) is 2.80. The van der Waals surface area contributed by atoms with Crippen molar-refractivity contribution in [3.8, 4) is 5.75 Å². The minimum Gasteiger partial charge on any atom is -0.496 e. The predicted molar refractivity (Wildman–Crippen MR) is 78.7 cm³/mol. The van der Waals surface area contributed by atoms with Gasteiger partial charge in [-0.3, -0.25) is 4.79 Å². The van der Waals surface area contributed by atoms with E-state index in [9.17, 15) is 4.79 Å². The van der Waals surface area contributed by atoms with Gasteiger partial charge < -0.3 is 15.2 Å². The zero-order chi connectivity index (χ0) is 14.5. The molecule has 2 aromatic carbocycles. The zero-order valence-electron chi connectivity index (χ0n) is 11.8. The molecule has 0 aromatic heterocycles. The minimum absolute atomic E-state index is 0.137. The van der Waals surface area contributed by atoms with Crippen LogP contribution in [0.4, 0.5) is 0 Å². The van der Waals surface area contributed by atoms with Gasteiger partial charge in [0.1, 0.15) is 5.75 Å². The van der Waals surface area contributed by atoms with Gasteiger partial charge in [0, 0.05) is 11.6 Å². The van der Waals surface area contributed by atoms with E-state index in [1.807, 2.05) is 36.4 Å². The fourth-order valence-electron chi connectivity index (χ4n) is 2.34. The van der Waals surface area contributed by atoms with Gasteiger partial charge in [-0.05, 0) is 23.8 Å². The third-order valence-electron chi connectivity index (χ3n) is 3.21. The van der Waals surface area contributed by atoms with E-state index in [1.165, 1.54) is 0 Å². The molecule has 0 radical (unpaired) electrons. The Morgan fingerprint density at radius 3 is 2.70 bits per heavy atom. The average molecular weight is 273 g/mol. The smallest absolute Gasteiger partial charge is 0.307 e. The first-order valence-electron chi connectivity index (χ1n) is 6.64. The van der Waals surface area contributed by atoms with Crippen molar-refractivity contribution < 1.29 is 14.3 Å². The van der Waals surface area contributed by atoms with Gasteiger partial charge in [0.05, 0.1) is 20.1 Å². The second-order valence-electron chi connectivity index (χ2n) is 4.52. The van der Waals surface area contributed by atoms with Crippen LogP contribution >= 0.6 is 0 Å². The standard InChI is InChI=1S/C16H19NO3/c1-3-20-15(18)10-13(17)16-12-7-5-4-6-11(12)8-9-14(16)19-2/h4-9,13H,3,10,17H2,1-2H3/t13-/m0/s1. The Bertz CT molecular complexity index is 610. The van der Waals surface area contributed by atoms with E-state index in [4.69, 9.17) is 15.2 Å². The molecule has 0 aliphatic heterocycles. The summed E-state index contributed by atoms with van der Waals surface area (Å²) in [6.45, 7) is 2.14. The highest BCUT2D eigenvalue weighted by Crippen LogP contribution is 2.33. The topological polar surface area (TPSA) is 61.5 Å². The molecule has 0 saturated carbocycles. The molecule has 2 aromatic rings. The van der Waals surface area contributed by atoms with Crippen molar-refractivity contribution in [1.82, 2.24) is 0 Å². The first kappa shape index (κ1) is 14.3. The number of hydrogen-bond donors (Lipinski definition) is 1. The largest absolute Gasteiger partial charge is 0.496 e. The van der Waals surface area contributed by atoms with Crippen LogP contribution in [0, 0.1) is 0 Å². The summed E-state index contributed by atoms with van der Waals surface area (Å²) in [6.07, 6.45) is 0.137. The first-order valence-corrected chi connectivity index (χ1v) is 6.64. The van der Waals surface area contributed by atoms with Gasteiger partial charge >= 0.3 is 5.97 Å². The van der Waals surface area contributed by atoms with Crippen molar-refractivity contribution in [1.29, 1.82) is 0 Å². The van der Waals surface area contributed by atoms with Crippen LogP contribution in [0.25, 0.3) is 10.8 Å². The van der Waals surface area contributed by atoms with Crippen LogP contribution in [0.5, 0.6) is 5.75 Å². The maximum atomic E-state index is 11.6. The van der Waals surface area contributed by atoms with Gasteiger partial charge in [0.15, 0.2) is 0 Å². The lowest BCUT2D eigenvalue weighted by Gasteiger charge is -2.17. The Kier molecular flexibility index (Phi) is 4.58. The van der Waals surface area contributed by atoms with Crippen LogP contribution in [-0.4, -0.2) is 19.7 Å². The molecule has 20 heavy (non-hydrogen) atoms. The molecule has 106 valence electrons. The van der Waals surface area contributed by atoms with E-state index >= 15 is 0 Å². The lowest BCUT2D eigenvalue weighted by atomic mass is 9.96. The molecule has 0 spiro atoms. The van der Waals surface area contributed by atoms with Gasteiger partial charge in [-0.15, -0.1) is 0 Å². The van der Waals surface area contributed by atoms with Crippen LogP contribution < -0.4 is 10.5 Å². The molecule has 0 bridgehead atoms. The zero-order valence-corrected chi connectivity index (χ0v) is 11.8. The quantitative estimate of drug-likeness (QED) is 0.851. The lowest BCUT2D eigenvalue weighted by Crippen LogP contribution is -2.18. The Labute approximate surface area is 118 Å². The highest BCUT2D eigenvalue weighted by molar-refractivity contribution is 5.88. The van der Waals surface area contributed by atoms with E-state index in [0.29, 0.717) is 12.4 Å². The molecule has 0 heterocycles. The molecule has 4 heteroatoms. The van der Waals surface area contributed by atoms with Crippen molar-refractivity contribution in [2.24, 2.45) is 5.73 Å². The van der Waals surface area contributed by atoms with Gasteiger partial charge in [-0.25, -0.2) is 0 Å². The summed E-state index contributed by atoms with van der Waals surface area (Å²) in [5.41, 5.74) is 7.03. The Balaban J connectivity index is 2.42. The second-order valence-corrected chi connectivity index (χ2v) is 4.52. The van der Waals surface area contributed by atoms with Gasteiger partial charge in [-0.2, -0.15) is 0 Å². The number of ether oxygens (including phenoxy) is 2. The van der Waals surface area contributed by atoms with Crippen LogP contribution in [0.2, 0.25) is 0 Å². The van der Waals surface area contributed by atoms with Crippen molar-refractivity contribution in [2.45, 2.75) is 19.4 Å². The van der Waals surface area contributed by atoms with Crippen molar-refractivity contribution >= 4 is 16.7 Å². The third kappa shape index (κ3) is 2.91. The molecular weight excluding hydrogens is 254 g/mol. The number of benzene rings is 2. The summed E-state index contributed by atoms with van der Waals surface area (Å²) in [5.74, 6) is 0.399. The van der Waals surface area contributed by atoms with Crippen LogP contribution in [-0.2, 0) is 9.53 Å². The lowest BCUT2D eigenvalue weighted by molar-refractivity contribution is -0.143. The Morgan fingerprint density at radius 2 is 2.00 bits per heavy atom. The first-order chi connectivity index (χ1) is 9.67. The highest BCUT2D eigenvalue weighted by atomic mass is 16.5. The van der Waals surface area contributed by atoms with E-state index in [-0.39, 0.29) is 12.4 Å². The maximum Gasteiger partial charge on any atom is 0.307 e. The molecule has 1 atom stereocenters. The Hall–Kier alpha value is -2.07. The number of carbonyl (C=O) groups is 1. The van der Waals surface area contributed by atoms with E-state index in [0.717, 1.165) is 16.3 Å². The minimum atomic E-state index is -0.449. The third-order valence-corrected chi connectivity index (χ3v) is 3.21. The Morgan fingerprint density at radius 1 is 1.25 bits per heavy atom. The molecule has 0 aliphatic rings. The summed E-state index contributed by atoms with van der Waals surface area (Å²) < 4.78 is 10.3. The number of fused-ring (bicyclic) bond motifs is 1. The summed E-state index contributed by atoms with van der Waals surface area (Å²) in [7, 11) is 1.60. The number of methoxy groups -OCH3 is 1. The number of esters is 1.